The van der Waals surface area contributed by atoms with E-state index in [4.69, 9.17) is 4.42 Å². The van der Waals surface area contributed by atoms with Crippen LogP contribution in [0.4, 0.5) is 11.4 Å². The summed E-state index contributed by atoms with van der Waals surface area (Å²) >= 11 is 0. The molecule has 8 heteroatoms. The fourth-order valence-electron chi connectivity index (χ4n) is 2.39. The molecule has 0 aliphatic rings. The third kappa shape index (κ3) is 4.37. The standard InChI is InChI=1S/C19H15N3O5/c23-18(13-7-9-14(10-8-13)22(25)26)21-17-6-2-1-5-16(17)19(24)20-12-15-4-3-11-27-15/h1-11H,12H2,(H,20,24)(H,21,23). The molecule has 2 amide bonds. The highest BCUT2D eigenvalue weighted by atomic mass is 16.6. The Morgan fingerprint density at radius 1 is 0.963 bits per heavy atom. The lowest BCUT2D eigenvalue weighted by Crippen LogP contribution is -2.24. The number of non-ortho nitro benzene ring substituents is 1. The van der Waals surface area contributed by atoms with Crippen molar-refractivity contribution in [1.29, 1.82) is 0 Å². The predicted octanol–water partition coefficient (Wildman–Crippen LogP) is 3.37. The van der Waals surface area contributed by atoms with Crippen molar-refractivity contribution in [2.24, 2.45) is 0 Å². The van der Waals surface area contributed by atoms with Crippen molar-refractivity contribution in [2.45, 2.75) is 6.54 Å². The molecule has 1 heterocycles. The smallest absolute Gasteiger partial charge is 0.269 e. The Morgan fingerprint density at radius 2 is 1.70 bits per heavy atom. The molecule has 3 aromatic rings. The SMILES string of the molecule is O=C(Nc1ccccc1C(=O)NCc1ccco1)c1ccc([N+](=O)[O-])cc1. The number of carbonyl (C=O) groups excluding carboxylic acids is 2. The average Bonchev–Trinajstić information content (AvgIpc) is 3.20. The highest BCUT2D eigenvalue weighted by Gasteiger charge is 2.15. The molecule has 3 rings (SSSR count). The lowest BCUT2D eigenvalue weighted by Gasteiger charge is -2.11. The summed E-state index contributed by atoms with van der Waals surface area (Å²) in [6.45, 7) is 0.219. The number of anilines is 1. The number of hydrogen-bond acceptors (Lipinski definition) is 5. The molecule has 0 atom stereocenters. The molecule has 0 spiro atoms. The number of furan rings is 1. The van der Waals surface area contributed by atoms with E-state index >= 15 is 0 Å². The van der Waals surface area contributed by atoms with Crippen molar-refractivity contribution in [2.75, 3.05) is 5.32 Å². The minimum Gasteiger partial charge on any atom is -0.467 e. The zero-order chi connectivity index (χ0) is 19.2. The number of carbonyl (C=O) groups is 2. The van der Waals surface area contributed by atoms with Crippen LogP contribution in [-0.2, 0) is 6.54 Å². The molecule has 0 saturated heterocycles. The van der Waals surface area contributed by atoms with Gasteiger partial charge in [0, 0.05) is 17.7 Å². The van der Waals surface area contributed by atoms with Crippen molar-refractivity contribution < 1.29 is 18.9 Å². The first-order valence-corrected chi connectivity index (χ1v) is 8.00. The van der Waals surface area contributed by atoms with Crippen LogP contribution in [0.2, 0.25) is 0 Å². The van der Waals surface area contributed by atoms with E-state index in [2.05, 4.69) is 10.6 Å². The molecule has 136 valence electrons. The zero-order valence-electron chi connectivity index (χ0n) is 14.0. The number of nitrogens with one attached hydrogen (secondary N) is 2. The molecule has 0 fully saturated rings. The Labute approximate surface area is 154 Å². The Morgan fingerprint density at radius 3 is 2.37 bits per heavy atom. The van der Waals surface area contributed by atoms with Gasteiger partial charge in [-0.05, 0) is 36.4 Å². The predicted molar refractivity (Wildman–Crippen MR) is 97.4 cm³/mol. The van der Waals surface area contributed by atoms with Crippen molar-refractivity contribution in [1.82, 2.24) is 5.32 Å². The van der Waals surface area contributed by atoms with Crippen LogP contribution in [0.25, 0.3) is 0 Å². The van der Waals surface area contributed by atoms with Gasteiger partial charge in [0.1, 0.15) is 5.76 Å². The van der Waals surface area contributed by atoms with Gasteiger partial charge in [-0.2, -0.15) is 0 Å². The summed E-state index contributed by atoms with van der Waals surface area (Å²) in [5.41, 5.74) is 0.757. The van der Waals surface area contributed by atoms with Gasteiger partial charge in [-0.1, -0.05) is 12.1 Å². The van der Waals surface area contributed by atoms with Crippen molar-refractivity contribution in [3.8, 4) is 0 Å². The minimum absolute atomic E-state index is 0.107. The molecular weight excluding hydrogens is 350 g/mol. The number of amides is 2. The number of para-hydroxylation sites is 1. The van der Waals surface area contributed by atoms with Crippen molar-refractivity contribution in [3.63, 3.8) is 0 Å². The largest absolute Gasteiger partial charge is 0.467 e. The summed E-state index contributed by atoms with van der Waals surface area (Å²) in [7, 11) is 0. The van der Waals surface area contributed by atoms with Crippen molar-refractivity contribution in [3.05, 3.63) is 93.9 Å². The summed E-state index contributed by atoms with van der Waals surface area (Å²) in [4.78, 5) is 35.0. The minimum atomic E-state index is -0.541. The van der Waals surface area contributed by atoms with Gasteiger partial charge in [0.25, 0.3) is 17.5 Å². The maximum Gasteiger partial charge on any atom is 0.269 e. The Kier molecular flexibility index (Phi) is 5.27. The van der Waals surface area contributed by atoms with Crippen LogP contribution < -0.4 is 10.6 Å². The highest BCUT2D eigenvalue weighted by molar-refractivity contribution is 6.09. The van der Waals surface area contributed by atoms with Gasteiger partial charge in [-0.3, -0.25) is 19.7 Å². The van der Waals surface area contributed by atoms with Gasteiger partial charge < -0.3 is 15.1 Å². The molecule has 0 aliphatic carbocycles. The summed E-state index contributed by atoms with van der Waals surface area (Å²) < 4.78 is 5.17. The van der Waals surface area contributed by atoms with Gasteiger partial charge in [-0.25, -0.2) is 0 Å². The number of rotatable bonds is 6. The van der Waals surface area contributed by atoms with Crippen LogP contribution in [0, 0.1) is 10.1 Å². The van der Waals surface area contributed by atoms with E-state index in [1.807, 2.05) is 0 Å². The van der Waals surface area contributed by atoms with Gasteiger partial charge in [-0.15, -0.1) is 0 Å². The summed E-state index contributed by atoms with van der Waals surface area (Å²) in [6.07, 6.45) is 1.51. The maximum atomic E-state index is 12.4. The Bertz CT molecular complexity index is 965. The van der Waals surface area contributed by atoms with E-state index < -0.39 is 10.8 Å². The summed E-state index contributed by atoms with van der Waals surface area (Å²) in [6, 6.07) is 15.2. The van der Waals surface area contributed by atoms with E-state index in [0.29, 0.717) is 17.0 Å². The van der Waals surface area contributed by atoms with Gasteiger partial charge >= 0.3 is 0 Å². The van der Waals surface area contributed by atoms with Crippen LogP contribution in [0.1, 0.15) is 26.5 Å². The second-order valence-corrected chi connectivity index (χ2v) is 5.57. The van der Waals surface area contributed by atoms with E-state index in [9.17, 15) is 19.7 Å². The first kappa shape index (κ1) is 17.9. The number of nitro benzene ring substituents is 1. The van der Waals surface area contributed by atoms with Crippen LogP contribution in [-0.4, -0.2) is 16.7 Å². The summed E-state index contributed by atoms with van der Waals surface area (Å²) in [5, 5.41) is 16.1. The first-order valence-electron chi connectivity index (χ1n) is 8.00. The van der Waals surface area contributed by atoms with Crippen LogP contribution in [0.5, 0.6) is 0 Å². The number of nitrogens with zero attached hydrogens (tertiary/aromatic N) is 1. The fourth-order valence-corrected chi connectivity index (χ4v) is 2.39. The van der Waals surface area contributed by atoms with Crippen molar-refractivity contribution >= 4 is 23.2 Å². The average molecular weight is 365 g/mol. The van der Waals surface area contributed by atoms with E-state index in [-0.39, 0.29) is 23.7 Å². The van der Waals surface area contributed by atoms with Crippen LogP contribution >= 0.6 is 0 Å². The quantitative estimate of drug-likeness (QED) is 0.513. The van der Waals surface area contributed by atoms with Gasteiger partial charge in [0.15, 0.2) is 0 Å². The molecule has 8 nitrogen and oxygen atoms in total. The number of hydrogen-bond donors (Lipinski definition) is 2. The Hall–Kier alpha value is -3.94. The molecule has 0 aliphatic heterocycles. The topological polar surface area (TPSA) is 114 Å². The number of nitro groups is 1. The molecule has 1 aromatic heterocycles. The second-order valence-electron chi connectivity index (χ2n) is 5.57. The molecule has 0 unspecified atom stereocenters. The van der Waals surface area contributed by atoms with Crippen LogP contribution in [0.3, 0.4) is 0 Å². The molecule has 0 bridgehead atoms. The lowest BCUT2D eigenvalue weighted by molar-refractivity contribution is -0.384. The molecule has 0 radical (unpaired) electrons. The second kappa shape index (κ2) is 7.96. The van der Waals surface area contributed by atoms with E-state index in [1.54, 1.807) is 36.4 Å². The normalized spacial score (nSPS) is 10.2. The van der Waals surface area contributed by atoms with Crippen LogP contribution in [0.15, 0.2) is 71.3 Å². The van der Waals surface area contributed by atoms with E-state index in [1.165, 1.54) is 30.5 Å². The van der Waals surface area contributed by atoms with Gasteiger partial charge in [0.2, 0.25) is 0 Å². The number of benzene rings is 2. The molecule has 27 heavy (non-hydrogen) atoms. The first-order chi connectivity index (χ1) is 13.0. The highest BCUT2D eigenvalue weighted by Crippen LogP contribution is 2.18. The van der Waals surface area contributed by atoms with Gasteiger partial charge in [0.05, 0.1) is 29.0 Å². The Balaban J connectivity index is 1.72. The third-order valence-electron chi connectivity index (χ3n) is 3.76. The molecule has 2 N–H and O–H groups in total. The third-order valence-corrected chi connectivity index (χ3v) is 3.76. The lowest BCUT2D eigenvalue weighted by atomic mass is 10.1. The van der Waals surface area contributed by atoms with E-state index in [0.717, 1.165) is 0 Å². The monoisotopic (exact) mass is 365 g/mol. The fraction of sp³-hybridized carbons (Fsp3) is 0.0526. The molecule has 0 saturated carbocycles. The molecular formula is C19H15N3O5. The maximum absolute atomic E-state index is 12.4. The zero-order valence-corrected chi connectivity index (χ0v) is 14.0. The molecule has 2 aromatic carbocycles. The summed E-state index contributed by atoms with van der Waals surface area (Å²) in [5.74, 6) is -0.238.